The number of rotatable bonds is 4. The van der Waals surface area contributed by atoms with E-state index in [4.69, 9.17) is 0 Å². The summed E-state index contributed by atoms with van der Waals surface area (Å²) in [6.45, 7) is 6.15. The molecule has 1 aromatic rings. The Morgan fingerprint density at radius 2 is 2.25 bits per heavy atom. The van der Waals surface area contributed by atoms with Crippen molar-refractivity contribution in [2.45, 2.75) is 33.2 Å². The smallest absolute Gasteiger partial charge is 0.357 e. The molecule has 5 heteroatoms. The molecule has 0 N–H and O–H groups in total. The van der Waals surface area contributed by atoms with Gasteiger partial charge >= 0.3 is 5.97 Å². The van der Waals surface area contributed by atoms with E-state index in [1.165, 1.54) is 18.4 Å². The Balaban J connectivity index is 2.96. The first kappa shape index (κ1) is 13.0. The lowest BCUT2D eigenvalue weighted by Gasteiger charge is -2.22. The van der Waals surface area contributed by atoms with E-state index in [9.17, 15) is 4.79 Å². The molecule has 90 valence electrons. The predicted octanol–water partition coefficient (Wildman–Crippen LogP) is 2.47. The first-order valence-corrected chi connectivity index (χ1v) is 6.11. The summed E-state index contributed by atoms with van der Waals surface area (Å²) >= 11 is 1.52. The lowest BCUT2D eigenvalue weighted by atomic mass is 10.2. The fourth-order valence-electron chi connectivity index (χ4n) is 1.28. The summed E-state index contributed by atoms with van der Waals surface area (Å²) in [7, 11) is 3.37. The number of aromatic nitrogens is 1. The van der Waals surface area contributed by atoms with Crippen molar-refractivity contribution in [1.29, 1.82) is 0 Å². The van der Waals surface area contributed by atoms with E-state index in [0.717, 1.165) is 16.4 Å². The van der Waals surface area contributed by atoms with Gasteiger partial charge in [-0.05, 0) is 20.3 Å². The lowest BCUT2D eigenvalue weighted by molar-refractivity contribution is 0.0594. The van der Waals surface area contributed by atoms with Crippen LogP contribution in [0.25, 0.3) is 0 Å². The van der Waals surface area contributed by atoms with Gasteiger partial charge < -0.3 is 9.64 Å². The Bertz CT molecular complexity index is 376. The molecule has 4 nitrogen and oxygen atoms in total. The molecule has 1 rings (SSSR count). The van der Waals surface area contributed by atoms with Crippen molar-refractivity contribution < 1.29 is 9.53 Å². The van der Waals surface area contributed by atoms with Crippen LogP contribution in [0.2, 0.25) is 0 Å². The minimum Gasteiger partial charge on any atom is -0.464 e. The number of esters is 1. The van der Waals surface area contributed by atoms with Gasteiger partial charge in [-0.3, -0.25) is 0 Å². The fourth-order valence-corrected chi connectivity index (χ4v) is 2.24. The van der Waals surface area contributed by atoms with E-state index >= 15 is 0 Å². The molecule has 0 aliphatic carbocycles. The van der Waals surface area contributed by atoms with Crippen LogP contribution in [0.5, 0.6) is 0 Å². The van der Waals surface area contributed by atoms with Gasteiger partial charge in [0.05, 0.1) is 7.11 Å². The Morgan fingerprint density at radius 1 is 1.62 bits per heavy atom. The Kier molecular flexibility index (Phi) is 4.29. The lowest BCUT2D eigenvalue weighted by Crippen LogP contribution is -2.27. The van der Waals surface area contributed by atoms with Gasteiger partial charge in [0.15, 0.2) is 10.8 Å². The van der Waals surface area contributed by atoms with Crippen LogP contribution >= 0.6 is 11.3 Å². The second kappa shape index (κ2) is 5.30. The minimum atomic E-state index is -0.363. The van der Waals surface area contributed by atoms with Gasteiger partial charge in [-0.25, -0.2) is 9.78 Å². The summed E-state index contributed by atoms with van der Waals surface area (Å²) in [5.74, 6) is -0.363. The maximum atomic E-state index is 11.4. The van der Waals surface area contributed by atoms with Crippen LogP contribution in [-0.2, 0) is 4.74 Å². The second-order valence-corrected chi connectivity index (χ2v) is 4.94. The molecule has 1 atom stereocenters. The topological polar surface area (TPSA) is 42.4 Å². The van der Waals surface area contributed by atoms with E-state index < -0.39 is 0 Å². The summed E-state index contributed by atoms with van der Waals surface area (Å²) < 4.78 is 4.68. The molecule has 0 bridgehead atoms. The van der Waals surface area contributed by atoms with E-state index in [0.29, 0.717) is 11.7 Å². The third-order valence-corrected chi connectivity index (χ3v) is 3.78. The normalized spacial score (nSPS) is 12.3. The van der Waals surface area contributed by atoms with Gasteiger partial charge in [-0.15, -0.1) is 11.3 Å². The molecule has 0 fully saturated rings. The number of aryl methyl sites for hydroxylation is 1. The average molecular weight is 242 g/mol. The maximum Gasteiger partial charge on any atom is 0.357 e. The van der Waals surface area contributed by atoms with Crippen LogP contribution in [0.3, 0.4) is 0 Å². The molecule has 16 heavy (non-hydrogen) atoms. The monoisotopic (exact) mass is 242 g/mol. The van der Waals surface area contributed by atoms with Gasteiger partial charge in [-0.1, -0.05) is 6.92 Å². The van der Waals surface area contributed by atoms with E-state index in [2.05, 4.69) is 28.5 Å². The van der Waals surface area contributed by atoms with Crippen LogP contribution in [0.4, 0.5) is 5.13 Å². The Hall–Kier alpha value is -1.10. The average Bonchev–Trinajstić information content (AvgIpc) is 2.68. The molecule has 1 heterocycles. The third-order valence-electron chi connectivity index (χ3n) is 2.72. The summed E-state index contributed by atoms with van der Waals surface area (Å²) in [5, 5.41) is 0.868. The quantitative estimate of drug-likeness (QED) is 0.761. The van der Waals surface area contributed by atoms with Crippen molar-refractivity contribution >= 4 is 22.4 Å². The zero-order valence-electron chi connectivity index (χ0n) is 10.4. The summed E-state index contributed by atoms with van der Waals surface area (Å²) in [5.41, 5.74) is 0.428. The van der Waals surface area contributed by atoms with Gasteiger partial charge in [-0.2, -0.15) is 0 Å². The summed E-state index contributed by atoms with van der Waals surface area (Å²) in [6, 6.07) is 0.413. The van der Waals surface area contributed by atoms with Gasteiger partial charge in [0.2, 0.25) is 0 Å². The Morgan fingerprint density at radius 3 is 2.75 bits per heavy atom. The first-order chi connectivity index (χ1) is 7.51. The summed E-state index contributed by atoms with van der Waals surface area (Å²) in [4.78, 5) is 18.7. The number of thiazole rings is 1. The van der Waals surface area contributed by atoms with Gasteiger partial charge in [0, 0.05) is 18.0 Å². The van der Waals surface area contributed by atoms with Crippen molar-refractivity contribution in [3.63, 3.8) is 0 Å². The molecule has 0 aliphatic rings. The SMILES string of the molecule is CCC(C)N(C)c1nc(C(=O)OC)c(C)s1. The number of carbonyl (C=O) groups is 1. The fraction of sp³-hybridized carbons (Fsp3) is 0.636. The Labute approximate surface area is 100 Å². The molecular formula is C11H18N2O2S. The van der Waals surface area contributed by atoms with Crippen LogP contribution in [0.15, 0.2) is 0 Å². The van der Waals surface area contributed by atoms with Crippen molar-refractivity contribution in [3.05, 3.63) is 10.6 Å². The highest BCUT2D eigenvalue weighted by Crippen LogP contribution is 2.26. The number of hydrogen-bond donors (Lipinski definition) is 0. The minimum absolute atomic E-state index is 0.363. The molecule has 1 unspecified atom stereocenters. The highest BCUT2D eigenvalue weighted by molar-refractivity contribution is 7.15. The number of anilines is 1. The molecule has 0 spiro atoms. The van der Waals surface area contributed by atoms with E-state index in [1.807, 2.05) is 14.0 Å². The zero-order valence-corrected chi connectivity index (χ0v) is 11.2. The molecule has 0 amide bonds. The molecule has 0 radical (unpaired) electrons. The second-order valence-electron chi connectivity index (χ2n) is 3.76. The molecule has 1 aromatic heterocycles. The van der Waals surface area contributed by atoms with Crippen LogP contribution in [0.1, 0.15) is 35.6 Å². The van der Waals surface area contributed by atoms with Crippen LogP contribution < -0.4 is 4.90 Å². The predicted molar refractivity (Wildman–Crippen MR) is 66.3 cm³/mol. The van der Waals surface area contributed by atoms with Crippen LogP contribution in [-0.4, -0.2) is 31.2 Å². The molecular weight excluding hydrogens is 224 g/mol. The van der Waals surface area contributed by atoms with E-state index in [-0.39, 0.29) is 5.97 Å². The standard InChI is InChI=1S/C11H18N2O2S/c1-6-7(2)13(4)11-12-9(8(3)16-11)10(14)15-5/h7H,6H2,1-5H3. The summed E-state index contributed by atoms with van der Waals surface area (Å²) in [6.07, 6.45) is 1.04. The van der Waals surface area contributed by atoms with Gasteiger partial charge in [0.25, 0.3) is 0 Å². The number of carbonyl (C=O) groups excluding carboxylic acids is 1. The highest BCUT2D eigenvalue weighted by Gasteiger charge is 2.19. The molecule has 0 saturated carbocycles. The molecule has 0 aromatic carbocycles. The molecule has 0 saturated heterocycles. The first-order valence-electron chi connectivity index (χ1n) is 5.29. The largest absolute Gasteiger partial charge is 0.464 e. The number of ether oxygens (including phenoxy) is 1. The van der Waals surface area contributed by atoms with Crippen LogP contribution in [0, 0.1) is 6.92 Å². The highest BCUT2D eigenvalue weighted by atomic mass is 32.1. The zero-order chi connectivity index (χ0) is 12.3. The van der Waals surface area contributed by atoms with Crippen molar-refractivity contribution in [1.82, 2.24) is 4.98 Å². The number of methoxy groups -OCH3 is 1. The van der Waals surface area contributed by atoms with Crippen molar-refractivity contribution in [3.8, 4) is 0 Å². The number of nitrogens with zero attached hydrogens (tertiary/aromatic N) is 2. The molecule has 0 aliphatic heterocycles. The van der Waals surface area contributed by atoms with Crippen molar-refractivity contribution in [2.75, 3.05) is 19.1 Å². The third kappa shape index (κ3) is 2.52. The number of hydrogen-bond acceptors (Lipinski definition) is 5. The van der Waals surface area contributed by atoms with Crippen molar-refractivity contribution in [2.24, 2.45) is 0 Å². The van der Waals surface area contributed by atoms with E-state index in [1.54, 1.807) is 0 Å². The van der Waals surface area contributed by atoms with Gasteiger partial charge in [0.1, 0.15) is 0 Å². The maximum absolute atomic E-state index is 11.4.